The maximum Gasteiger partial charge on any atom is 0.199 e. The first-order chi connectivity index (χ1) is 3.70. The third-order valence-corrected chi connectivity index (χ3v) is 1.07. The van der Waals surface area contributed by atoms with Crippen molar-refractivity contribution < 1.29 is 4.79 Å². The van der Waals surface area contributed by atoms with Crippen molar-refractivity contribution in [2.75, 3.05) is 13.6 Å². The van der Waals surface area contributed by atoms with E-state index in [1.165, 1.54) is 0 Å². The van der Waals surface area contributed by atoms with Gasteiger partial charge >= 0.3 is 0 Å². The van der Waals surface area contributed by atoms with Crippen LogP contribution in [-0.4, -0.2) is 24.3 Å². The van der Waals surface area contributed by atoms with Crippen LogP contribution < -0.4 is 5.73 Å². The molecule has 0 radical (unpaired) electrons. The lowest BCUT2D eigenvalue weighted by Gasteiger charge is -2.00. The van der Waals surface area contributed by atoms with Crippen molar-refractivity contribution in [2.24, 2.45) is 5.73 Å². The highest BCUT2D eigenvalue weighted by Gasteiger charge is 2.14. The largest absolute Gasteiger partial charge is 0.395 e. The standard InChI is InChI=1S/C5H8N2O/c1-7-2-4(6)5(8)3-7/h2H,3,6H2,1H3. The van der Waals surface area contributed by atoms with E-state index in [-0.39, 0.29) is 5.78 Å². The van der Waals surface area contributed by atoms with E-state index < -0.39 is 0 Å². The Hall–Kier alpha value is -0.990. The molecular weight excluding hydrogens is 104 g/mol. The monoisotopic (exact) mass is 112 g/mol. The Morgan fingerprint density at radius 1 is 1.88 bits per heavy atom. The summed E-state index contributed by atoms with van der Waals surface area (Å²) in [5.41, 5.74) is 5.61. The lowest BCUT2D eigenvalue weighted by molar-refractivity contribution is -0.114. The van der Waals surface area contributed by atoms with Gasteiger partial charge in [0.05, 0.1) is 12.2 Å². The summed E-state index contributed by atoms with van der Waals surface area (Å²) in [7, 11) is 1.82. The predicted molar refractivity (Wildman–Crippen MR) is 29.9 cm³/mol. The second-order valence-corrected chi connectivity index (χ2v) is 1.92. The third-order valence-electron chi connectivity index (χ3n) is 1.07. The third kappa shape index (κ3) is 0.665. The van der Waals surface area contributed by atoms with Gasteiger partial charge in [0.2, 0.25) is 0 Å². The number of hydrogen-bond donors (Lipinski definition) is 1. The number of likely N-dealkylation sites (N-methyl/N-ethyl adjacent to an activating group) is 1. The molecule has 0 saturated heterocycles. The van der Waals surface area contributed by atoms with Gasteiger partial charge in [-0.15, -0.1) is 0 Å². The summed E-state index contributed by atoms with van der Waals surface area (Å²) >= 11 is 0. The molecule has 0 fully saturated rings. The van der Waals surface area contributed by atoms with Crippen LogP contribution in [0.4, 0.5) is 0 Å². The Morgan fingerprint density at radius 3 is 2.62 bits per heavy atom. The van der Waals surface area contributed by atoms with Crippen molar-refractivity contribution in [1.82, 2.24) is 4.90 Å². The number of nitrogens with two attached hydrogens (primary N) is 1. The molecule has 0 unspecified atom stereocenters. The van der Waals surface area contributed by atoms with Crippen LogP contribution in [0, 0.1) is 0 Å². The fraction of sp³-hybridized carbons (Fsp3) is 0.400. The molecule has 1 aliphatic rings. The van der Waals surface area contributed by atoms with Gasteiger partial charge < -0.3 is 10.6 Å². The maximum atomic E-state index is 10.5. The lowest BCUT2D eigenvalue weighted by Crippen LogP contribution is -2.14. The van der Waals surface area contributed by atoms with Crippen LogP contribution in [0.1, 0.15) is 0 Å². The summed E-state index contributed by atoms with van der Waals surface area (Å²) in [6.07, 6.45) is 1.64. The van der Waals surface area contributed by atoms with Gasteiger partial charge in [-0.25, -0.2) is 0 Å². The Morgan fingerprint density at radius 2 is 2.50 bits per heavy atom. The molecule has 1 heterocycles. The number of carbonyl (C=O) groups is 1. The van der Waals surface area contributed by atoms with Crippen LogP contribution in [0.25, 0.3) is 0 Å². The first kappa shape index (κ1) is 5.15. The highest BCUT2D eigenvalue weighted by Crippen LogP contribution is 2.00. The minimum Gasteiger partial charge on any atom is -0.395 e. The summed E-state index contributed by atoms with van der Waals surface area (Å²) in [6, 6.07) is 0. The van der Waals surface area contributed by atoms with E-state index in [1.807, 2.05) is 7.05 Å². The van der Waals surface area contributed by atoms with E-state index in [4.69, 9.17) is 5.73 Å². The summed E-state index contributed by atoms with van der Waals surface area (Å²) in [6.45, 7) is 0.436. The molecule has 1 aliphatic heterocycles. The van der Waals surface area contributed by atoms with Gasteiger partial charge in [0.1, 0.15) is 0 Å². The SMILES string of the molecule is CN1C=C(N)C(=O)C1. The highest BCUT2D eigenvalue weighted by molar-refractivity contribution is 5.97. The van der Waals surface area contributed by atoms with Crippen LogP contribution in [0.15, 0.2) is 11.9 Å². The zero-order chi connectivity index (χ0) is 6.15. The van der Waals surface area contributed by atoms with Crippen molar-refractivity contribution in [1.29, 1.82) is 0 Å². The topological polar surface area (TPSA) is 46.3 Å². The molecule has 0 aromatic carbocycles. The average Bonchev–Trinajstić information content (AvgIpc) is 1.85. The second kappa shape index (κ2) is 1.51. The summed E-state index contributed by atoms with van der Waals surface area (Å²) in [5.74, 6) is 0.0208. The molecule has 0 bridgehead atoms. The molecule has 0 aliphatic carbocycles. The second-order valence-electron chi connectivity index (χ2n) is 1.92. The molecule has 1 rings (SSSR count). The molecule has 8 heavy (non-hydrogen) atoms. The van der Waals surface area contributed by atoms with E-state index in [0.29, 0.717) is 12.2 Å². The van der Waals surface area contributed by atoms with Crippen molar-refractivity contribution >= 4 is 5.78 Å². The molecule has 0 amide bonds. The highest BCUT2D eigenvalue weighted by atomic mass is 16.1. The van der Waals surface area contributed by atoms with E-state index >= 15 is 0 Å². The minimum absolute atomic E-state index is 0.0208. The van der Waals surface area contributed by atoms with Gasteiger partial charge in [-0.1, -0.05) is 0 Å². The fourth-order valence-electron chi connectivity index (χ4n) is 0.673. The molecule has 0 spiro atoms. The van der Waals surface area contributed by atoms with Crippen molar-refractivity contribution in [2.45, 2.75) is 0 Å². The van der Waals surface area contributed by atoms with Gasteiger partial charge in [0.15, 0.2) is 5.78 Å². The molecule has 44 valence electrons. The van der Waals surface area contributed by atoms with Crippen molar-refractivity contribution in [3.05, 3.63) is 11.9 Å². The van der Waals surface area contributed by atoms with E-state index in [2.05, 4.69) is 0 Å². The smallest absolute Gasteiger partial charge is 0.199 e. The zero-order valence-electron chi connectivity index (χ0n) is 4.72. The Bertz CT molecular complexity index is 151. The first-order valence-corrected chi connectivity index (χ1v) is 2.41. The molecule has 0 saturated carbocycles. The van der Waals surface area contributed by atoms with Crippen molar-refractivity contribution in [3.8, 4) is 0 Å². The van der Waals surface area contributed by atoms with E-state index in [1.54, 1.807) is 11.1 Å². The maximum absolute atomic E-state index is 10.5. The molecule has 0 atom stereocenters. The van der Waals surface area contributed by atoms with Crippen LogP contribution >= 0.6 is 0 Å². The zero-order valence-corrected chi connectivity index (χ0v) is 4.72. The van der Waals surface area contributed by atoms with Crippen molar-refractivity contribution in [3.63, 3.8) is 0 Å². The molecule has 2 N–H and O–H groups in total. The number of ketones is 1. The van der Waals surface area contributed by atoms with Gasteiger partial charge in [0.25, 0.3) is 0 Å². The van der Waals surface area contributed by atoms with Crippen LogP contribution in [0.3, 0.4) is 0 Å². The summed E-state index contributed by atoms with van der Waals surface area (Å²) in [5, 5.41) is 0. The molecule has 0 aromatic rings. The van der Waals surface area contributed by atoms with Crippen LogP contribution in [0.2, 0.25) is 0 Å². The molecule has 0 aromatic heterocycles. The number of hydrogen-bond acceptors (Lipinski definition) is 3. The molecule has 3 heteroatoms. The lowest BCUT2D eigenvalue weighted by atomic mass is 10.4. The molecular formula is C5H8N2O. The Kier molecular flexibility index (Phi) is 0.970. The molecule has 3 nitrogen and oxygen atoms in total. The number of carbonyl (C=O) groups excluding carboxylic acids is 1. The normalized spacial score (nSPS) is 19.4. The fourth-order valence-corrected chi connectivity index (χ4v) is 0.673. The van der Waals surface area contributed by atoms with Crippen LogP contribution in [0.5, 0.6) is 0 Å². The number of Topliss-reactive ketones (excluding diaryl/α,β-unsaturated/α-hetero) is 1. The quantitative estimate of drug-likeness (QED) is 0.450. The Labute approximate surface area is 47.8 Å². The van der Waals surface area contributed by atoms with Gasteiger partial charge in [-0.2, -0.15) is 0 Å². The van der Waals surface area contributed by atoms with Gasteiger partial charge in [-0.3, -0.25) is 4.79 Å². The van der Waals surface area contributed by atoms with Crippen LogP contribution in [-0.2, 0) is 4.79 Å². The average molecular weight is 112 g/mol. The number of rotatable bonds is 0. The predicted octanol–water partition coefficient (Wildman–Crippen LogP) is -0.699. The van der Waals surface area contributed by atoms with Gasteiger partial charge in [-0.05, 0) is 0 Å². The van der Waals surface area contributed by atoms with E-state index in [9.17, 15) is 4.79 Å². The van der Waals surface area contributed by atoms with E-state index in [0.717, 1.165) is 0 Å². The minimum atomic E-state index is 0.0208. The number of nitrogens with zero attached hydrogens (tertiary/aromatic N) is 1. The Balaban J connectivity index is 2.73. The summed E-state index contributed by atoms with van der Waals surface area (Å²) in [4.78, 5) is 12.3. The summed E-state index contributed by atoms with van der Waals surface area (Å²) < 4.78 is 0. The van der Waals surface area contributed by atoms with Gasteiger partial charge in [0, 0.05) is 13.2 Å². The first-order valence-electron chi connectivity index (χ1n) is 2.41.